The molecule has 0 saturated carbocycles. The fourth-order valence-corrected chi connectivity index (χ4v) is 8.05. The van der Waals surface area contributed by atoms with Gasteiger partial charge in [-0.2, -0.15) is 0 Å². The Morgan fingerprint density at radius 3 is 1.74 bits per heavy atom. The van der Waals surface area contributed by atoms with Gasteiger partial charge < -0.3 is 0 Å². The van der Waals surface area contributed by atoms with Crippen LogP contribution in [0.3, 0.4) is 0 Å². The summed E-state index contributed by atoms with van der Waals surface area (Å²) in [6.07, 6.45) is 0. The van der Waals surface area contributed by atoms with Crippen molar-refractivity contribution in [3.8, 4) is 5.75 Å². The molecule has 0 aromatic heterocycles. The molecule has 0 heterocycles. The van der Waals surface area contributed by atoms with E-state index >= 15 is 0 Å². The van der Waals surface area contributed by atoms with E-state index in [9.17, 15) is 9.79 Å². The van der Waals surface area contributed by atoms with E-state index in [1.54, 1.807) is 45.9 Å². The zero-order chi connectivity index (χ0) is 18.0. The van der Waals surface area contributed by atoms with Gasteiger partial charge in [-0.3, -0.25) is 0 Å². The van der Waals surface area contributed by atoms with Gasteiger partial charge in [0.25, 0.3) is 0 Å². The molecule has 0 aliphatic heterocycles. The van der Waals surface area contributed by atoms with Crippen molar-refractivity contribution < 1.29 is 14.3 Å². The van der Waals surface area contributed by atoms with Crippen LogP contribution in [-0.2, 0) is 0 Å². The van der Waals surface area contributed by atoms with E-state index < -0.39 is 26.5 Å². The maximum absolute atomic E-state index is 13.5. The molecule has 5 heteroatoms. The second-order valence-electron chi connectivity index (χ2n) is 7.41. The summed E-state index contributed by atoms with van der Waals surface area (Å²) in [5.41, 5.74) is -0.0157. The van der Waals surface area contributed by atoms with Gasteiger partial charge >= 0.3 is 143 Å². The average Bonchev–Trinajstić information content (AvgIpc) is 2.44. The number of rotatable bonds is 7. The summed E-state index contributed by atoms with van der Waals surface area (Å²) >= 11 is 0. The Bertz CT molecular complexity index is 505. The second kappa shape index (κ2) is 7.36. The zero-order valence-corrected chi connectivity index (χ0v) is 17.5. The predicted octanol–water partition coefficient (Wildman–Crippen LogP) is 3.83. The topological polar surface area (TPSA) is 55.3 Å². The fourth-order valence-electron chi connectivity index (χ4n) is 2.94. The van der Waals surface area contributed by atoms with Crippen LogP contribution in [0.25, 0.3) is 0 Å². The van der Waals surface area contributed by atoms with Crippen molar-refractivity contribution in [1.82, 2.24) is 0 Å². The Hall–Kier alpha value is -0.200. The molecule has 0 amide bonds. The summed E-state index contributed by atoms with van der Waals surface area (Å²) in [5.74, 6) is 0.665. The molecular formula is C18H32O3P2-2. The summed E-state index contributed by atoms with van der Waals surface area (Å²) in [4.78, 5) is 27.0. The van der Waals surface area contributed by atoms with Crippen LogP contribution < -0.4 is 19.6 Å². The standard InChI is InChI=1S/C18H32O3P2/c1-13(2)22(14(3)4)21-17-10-9-11-18(12-17)23(19,20,15(5)6)16(7)8/h9-16H,1-8H3/q-2. The van der Waals surface area contributed by atoms with Crippen LogP contribution in [0.1, 0.15) is 55.4 Å². The molecule has 3 nitrogen and oxygen atoms in total. The Kier molecular flexibility index (Phi) is 6.67. The van der Waals surface area contributed by atoms with E-state index in [1.165, 1.54) is 0 Å². The minimum absolute atomic E-state index is 0.404. The van der Waals surface area contributed by atoms with Gasteiger partial charge in [-0.15, -0.1) is 0 Å². The van der Waals surface area contributed by atoms with Crippen molar-refractivity contribution in [3.05, 3.63) is 24.3 Å². The number of hydrogen-bond donors (Lipinski definition) is 0. The zero-order valence-electron chi connectivity index (χ0n) is 15.7. The van der Waals surface area contributed by atoms with Crippen LogP contribution >= 0.6 is 15.2 Å². The van der Waals surface area contributed by atoms with Gasteiger partial charge in [-0.1, -0.05) is 0 Å². The monoisotopic (exact) mass is 358 g/mol. The molecule has 0 spiro atoms. The summed E-state index contributed by atoms with van der Waals surface area (Å²) in [7, 11) is -5.12. The summed E-state index contributed by atoms with van der Waals surface area (Å²) in [6.45, 7) is 15.7. The summed E-state index contributed by atoms with van der Waals surface area (Å²) in [6, 6.07) is 7.08. The quantitative estimate of drug-likeness (QED) is 0.696. The van der Waals surface area contributed by atoms with Gasteiger partial charge in [0.1, 0.15) is 0 Å². The van der Waals surface area contributed by atoms with Crippen LogP contribution in [0.2, 0.25) is 0 Å². The third-order valence-corrected chi connectivity index (χ3v) is 12.2. The van der Waals surface area contributed by atoms with E-state index in [4.69, 9.17) is 4.52 Å². The van der Waals surface area contributed by atoms with Crippen molar-refractivity contribution in [2.45, 2.75) is 78.0 Å². The SMILES string of the molecule is CC(C)P(Oc1cccc(P([O-])([O-])(C(C)C)C(C)C)c1)C(C)C. The van der Waals surface area contributed by atoms with E-state index in [1.807, 2.05) is 6.07 Å². The molecule has 1 aromatic carbocycles. The van der Waals surface area contributed by atoms with Gasteiger partial charge in [-0.25, -0.2) is 0 Å². The first-order valence-corrected chi connectivity index (χ1v) is 12.1. The van der Waals surface area contributed by atoms with E-state index in [0.29, 0.717) is 22.4 Å². The Morgan fingerprint density at radius 2 is 1.35 bits per heavy atom. The van der Waals surface area contributed by atoms with Crippen LogP contribution in [0.5, 0.6) is 5.75 Å². The molecule has 134 valence electrons. The molecule has 0 fully saturated rings. The molecule has 0 unspecified atom stereocenters. The van der Waals surface area contributed by atoms with E-state index in [2.05, 4.69) is 27.7 Å². The van der Waals surface area contributed by atoms with Gasteiger partial charge in [0, 0.05) is 0 Å². The van der Waals surface area contributed by atoms with E-state index in [-0.39, 0.29) is 0 Å². The third kappa shape index (κ3) is 4.07. The Labute approximate surface area is 143 Å². The van der Waals surface area contributed by atoms with Crippen molar-refractivity contribution >= 4 is 20.5 Å². The normalized spacial score (nSPS) is 14.8. The first kappa shape index (κ1) is 20.8. The number of benzene rings is 1. The molecule has 23 heavy (non-hydrogen) atoms. The van der Waals surface area contributed by atoms with Crippen molar-refractivity contribution in [2.75, 3.05) is 0 Å². The van der Waals surface area contributed by atoms with Gasteiger partial charge in [0.2, 0.25) is 0 Å². The molecule has 0 N–H and O–H groups in total. The fraction of sp³-hybridized carbons (Fsp3) is 0.667. The van der Waals surface area contributed by atoms with Crippen molar-refractivity contribution in [1.29, 1.82) is 0 Å². The van der Waals surface area contributed by atoms with Crippen LogP contribution in [-0.4, -0.2) is 22.6 Å². The second-order valence-corrected chi connectivity index (χ2v) is 15.1. The molecule has 1 aromatic rings. The molecule has 1 rings (SSSR count). The Morgan fingerprint density at radius 1 is 0.870 bits per heavy atom. The van der Waals surface area contributed by atoms with Gasteiger partial charge in [-0.05, 0) is 0 Å². The Balaban J connectivity index is 3.28. The molecule has 0 aliphatic carbocycles. The first-order valence-electron chi connectivity index (χ1n) is 8.45. The molecule has 0 aliphatic rings. The molecule has 0 bridgehead atoms. The van der Waals surface area contributed by atoms with Crippen LogP contribution in [0, 0.1) is 0 Å². The predicted molar refractivity (Wildman–Crippen MR) is 101 cm³/mol. The minimum atomic E-state index is -4.48. The maximum atomic E-state index is 13.5. The van der Waals surface area contributed by atoms with Gasteiger partial charge in [0.05, 0.1) is 0 Å². The van der Waals surface area contributed by atoms with E-state index in [0.717, 1.165) is 0 Å². The van der Waals surface area contributed by atoms with Crippen molar-refractivity contribution in [2.24, 2.45) is 0 Å². The summed E-state index contributed by atoms with van der Waals surface area (Å²) in [5, 5.41) is 0.404. The summed E-state index contributed by atoms with van der Waals surface area (Å²) < 4.78 is 6.19. The van der Waals surface area contributed by atoms with Crippen LogP contribution in [0.4, 0.5) is 0 Å². The average molecular weight is 358 g/mol. The molecule has 0 radical (unpaired) electrons. The molecule has 0 saturated heterocycles. The molecule has 0 atom stereocenters. The third-order valence-electron chi connectivity index (χ3n) is 4.51. The van der Waals surface area contributed by atoms with Gasteiger partial charge in [0.15, 0.2) is 0 Å². The first-order chi connectivity index (χ1) is 10.4. The molecular weight excluding hydrogens is 326 g/mol. The van der Waals surface area contributed by atoms with Crippen LogP contribution in [0.15, 0.2) is 24.3 Å². The van der Waals surface area contributed by atoms with Crippen molar-refractivity contribution in [3.63, 3.8) is 0 Å². The number of hydrogen-bond acceptors (Lipinski definition) is 3.